The molecule has 1 saturated heterocycles. The maximum Gasteiger partial charge on any atom is 0.418 e. The second-order valence-corrected chi connectivity index (χ2v) is 10.5. The number of nitrogens with two attached hydrogens (primary N) is 1. The van der Waals surface area contributed by atoms with E-state index in [0.29, 0.717) is 42.8 Å². The van der Waals surface area contributed by atoms with Crippen LogP contribution >= 0.6 is 0 Å². The number of benzene rings is 1. The van der Waals surface area contributed by atoms with Crippen LogP contribution in [-0.4, -0.2) is 51.9 Å². The zero-order valence-electron chi connectivity index (χ0n) is 21.9. The smallest absolute Gasteiger partial charge is 0.371 e. The number of rotatable bonds is 4. The third kappa shape index (κ3) is 4.95. The van der Waals surface area contributed by atoms with E-state index in [9.17, 15) is 18.0 Å². The maximum absolute atomic E-state index is 14.4. The maximum atomic E-state index is 14.4. The van der Waals surface area contributed by atoms with Gasteiger partial charge < -0.3 is 20.5 Å². The Bertz CT molecular complexity index is 1600. The minimum Gasteiger partial charge on any atom is -0.371 e. The molecular weight excluding hydrogens is 517 g/mol. The molecule has 6 rings (SSSR count). The third-order valence-corrected chi connectivity index (χ3v) is 7.88. The van der Waals surface area contributed by atoms with E-state index in [4.69, 9.17) is 5.73 Å². The van der Waals surface area contributed by atoms with E-state index in [2.05, 4.69) is 15.0 Å². The zero-order chi connectivity index (χ0) is 28.0. The van der Waals surface area contributed by atoms with Gasteiger partial charge in [0.15, 0.2) is 0 Å². The van der Waals surface area contributed by atoms with Crippen molar-refractivity contribution in [2.45, 2.75) is 37.4 Å². The number of anilines is 1. The molecule has 3 aromatic heterocycles. The zero-order valence-corrected chi connectivity index (χ0v) is 21.9. The van der Waals surface area contributed by atoms with Crippen molar-refractivity contribution in [3.63, 3.8) is 0 Å². The van der Waals surface area contributed by atoms with Gasteiger partial charge in [0.25, 0.3) is 0 Å². The Hall–Kier alpha value is -4.18. The lowest BCUT2D eigenvalue weighted by Crippen LogP contribution is -2.40. The molecule has 10 heteroatoms. The number of H-pyrrole nitrogens is 1. The van der Waals surface area contributed by atoms with E-state index in [0.717, 1.165) is 22.2 Å². The van der Waals surface area contributed by atoms with E-state index in [1.54, 1.807) is 36.6 Å². The number of carbonyl (C=O) groups excluding carboxylic acids is 1. The monoisotopic (exact) mass is 546 g/mol. The van der Waals surface area contributed by atoms with E-state index in [-0.39, 0.29) is 24.1 Å². The molecule has 0 spiro atoms. The van der Waals surface area contributed by atoms with Gasteiger partial charge in [-0.1, -0.05) is 6.07 Å². The summed E-state index contributed by atoms with van der Waals surface area (Å²) < 4.78 is 43.1. The van der Waals surface area contributed by atoms with Crippen LogP contribution in [0.3, 0.4) is 0 Å². The first-order valence-electron chi connectivity index (χ1n) is 13.3. The lowest BCUT2D eigenvalue weighted by Gasteiger charge is -2.34. The first-order chi connectivity index (χ1) is 19.2. The standard InChI is InChI=1S/C30H29F3N6O/c1-38-17-24(26-14-18(4-8-35-26)21-12-20-5-9-36-29(20)37-16-21)23(15-28(38)40)19-2-3-27(25(13-19)30(31,32)33)39-10-6-22(34)7-11-39/h2-5,8-9,12-14,16-17,22-23H,6-7,10-11,15,34H2,1H3,(H,36,37). The Labute approximate surface area is 229 Å². The molecule has 5 heterocycles. The second-order valence-electron chi connectivity index (χ2n) is 10.5. The van der Waals surface area contributed by atoms with Gasteiger partial charge in [-0.3, -0.25) is 9.78 Å². The summed E-state index contributed by atoms with van der Waals surface area (Å²) in [5, 5.41) is 0.964. The van der Waals surface area contributed by atoms with Crippen LogP contribution in [0.1, 0.15) is 42.0 Å². The summed E-state index contributed by atoms with van der Waals surface area (Å²) in [5.74, 6) is -0.753. The SMILES string of the molecule is CN1C=C(c2cc(-c3cnc4[nH]ccc4c3)ccn2)C(c2ccc(N3CCC(N)CC3)c(C(F)(F)F)c2)CC1=O. The van der Waals surface area contributed by atoms with Crippen LogP contribution < -0.4 is 10.6 Å². The number of pyridine rings is 2. The number of allylic oxidation sites excluding steroid dienone is 1. The minimum atomic E-state index is -4.55. The summed E-state index contributed by atoms with van der Waals surface area (Å²) in [6, 6.07) is 12.2. The van der Waals surface area contributed by atoms with Crippen LogP contribution in [0.2, 0.25) is 0 Å². The summed E-state index contributed by atoms with van der Waals surface area (Å²) in [6.07, 6.45) is 3.72. The number of amides is 1. The predicted octanol–water partition coefficient (Wildman–Crippen LogP) is 5.56. The molecular formula is C30H29F3N6O. The second kappa shape index (κ2) is 10.1. The minimum absolute atomic E-state index is 0.00627. The van der Waals surface area contributed by atoms with Gasteiger partial charge in [0, 0.05) is 85.5 Å². The average Bonchev–Trinajstić information content (AvgIpc) is 3.42. The quantitative estimate of drug-likeness (QED) is 0.350. The molecule has 3 N–H and O–H groups in total. The van der Waals surface area contributed by atoms with Gasteiger partial charge in [-0.2, -0.15) is 13.2 Å². The van der Waals surface area contributed by atoms with E-state index in [1.807, 2.05) is 30.5 Å². The molecule has 1 fully saturated rings. The van der Waals surface area contributed by atoms with Crippen molar-refractivity contribution in [3.8, 4) is 11.1 Å². The van der Waals surface area contributed by atoms with Crippen LogP contribution in [0.4, 0.5) is 18.9 Å². The Morgan fingerprint density at radius 3 is 2.60 bits per heavy atom. The molecule has 1 unspecified atom stereocenters. The van der Waals surface area contributed by atoms with Crippen molar-refractivity contribution in [2.75, 3.05) is 25.0 Å². The van der Waals surface area contributed by atoms with Crippen molar-refractivity contribution in [1.29, 1.82) is 0 Å². The topological polar surface area (TPSA) is 91.1 Å². The van der Waals surface area contributed by atoms with Crippen molar-refractivity contribution in [1.82, 2.24) is 19.9 Å². The molecule has 0 radical (unpaired) electrons. The predicted molar refractivity (Wildman–Crippen MR) is 148 cm³/mol. The van der Waals surface area contributed by atoms with Gasteiger partial charge >= 0.3 is 6.18 Å². The molecule has 4 aromatic rings. The number of halogens is 3. The summed E-state index contributed by atoms with van der Waals surface area (Å²) in [5.41, 5.74) is 9.69. The average molecular weight is 547 g/mol. The van der Waals surface area contributed by atoms with Crippen molar-refractivity contribution >= 4 is 28.2 Å². The summed E-state index contributed by atoms with van der Waals surface area (Å²) >= 11 is 0. The summed E-state index contributed by atoms with van der Waals surface area (Å²) in [4.78, 5) is 28.1. The fourth-order valence-electron chi connectivity index (χ4n) is 5.62. The first-order valence-corrected chi connectivity index (χ1v) is 13.3. The van der Waals surface area contributed by atoms with Gasteiger partial charge in [-0.25, -0.2) is 4.98 Å². The highest BCUT2D eigenvalue weighted by Gasteiger charge is 2.37. The highest BCUT2D eigenvalue weighted by molar-refractivity contribution is 5.88. The highest BCUT2D eigenvalue weighted by Crippen LogP contribution is 2.44. The number of hydrogen-bond acceptors (Lipinski definition) is 5. The molecule has 1 atom stereocenters. The molecule has 206 valence electrons. The molecule has 0 saturated carbocycles. The van der Waals surface area contributed by atoms with Crippen LogP contribution in [0.5, 0.6) is 0 Å². The Morgan fingerprint density at radius 2 is 1.82 bits per heavy atom. The lowest BCUT2D eigenvalue weighted by molar-refractivity contribution is -0.137. The number of fused-ring (bicyclic) bond motifs is 1. The van der Waals surface area contributed by atoms with Gasteiger partial charge in [-0.05, 0) is 60.4 Å². The van der Waals surface area contributed by atoms with Gasteiger partial charge in [-0.15, -0.1) is 0 Å². The molecule has 1 aromatic carbocycles. The van der Waals surface area contributed by atoms with Gasteiger partial charge in [0.05, 0.1) is 11.3 Å². The number of nitrogens with one attached hydrogen (secondary N) is 1. The van der Waals surface area contributed by atoms with Crippen molar-refractivity contribution in [3.05, 3.63) is 84.1 Å². The molecule has 7 nitrogen and oxygen atoms in total. The van der Waals surface area contributed by atoms with Crippen LogP contribution in [-0.2, 0) is 11.0 Å². The molecule has 0 aliphatic carbocycles. The molecule has 0 bridgehead atoms. The largest absolute Gasteiger partial charge is 0.418 e. The summed E-state index contributed by atoms with van der Waals surface area (Å²) in [7, 11) is 1.65. The molecule has 2 aliphatic heterocycles. The number of hydrogen-bond donors (Lipinski definition) is 2. The van der Waals surface area contributed by atoms with E-state index in [1.165, 1.54) is 17.0 Å². The number of aromatic amines is 1. The van der Waals surface area contributed by atoms with E-state index >= 15 is 0 Å². The van der Waals surface area contributed by atoms with Crippen LogP contribution in [0.15, 0.2) is 67.3 Å². The number of aromatic nitrogens is 3. The molecule has 2 aliphatic rings. The van der Waals surface area contributed by atoms with Gasteiger partial charge in [0.2, 0.25) is 5.91 Å². The first kappa shape index (κ1) is 26.1. The number of carbonyl (C=O) groups is 1. The van der Waals surface area contributed by atoms with E-state index < -0.39 is 17.7 Å². The Balaban J connectivity index is 1.40. The summed E-state index contributed by atoms with van der Waals surface area (Å²) in [6.45, 7) is 0.948. The third-order valence-electron chi connectivity index (χ3n) is 7.88. The van der Waals surface area contributed by atoms with Crippen molar-refractivity contribution < 1.29 is 18.0 Å². The fourth-order valence-corrected chi connectivity index (χ4v) is 5.62. The number of alkyl halides is 3. The van der Waals surface area contributed by atoms with Crippen LogP contribution in [0.25, 0.3) is 27.7 Å². The Morgan fingerprint density at radius 1 is 1.02 bits per heavy atom. The molecule has 1 amide bonds. The normalized spacial score (nSPS) is 18.9. The number of piperidine rings is 1. The lowest BCUT2D eigenvalue weighted by atomic mass is 9.83. The van der Waals surface area contributed by atoms with Crippen LogP contribution in [0, 0.1) is 0 Å². The van der Waals surface area contributed by atoms with Gasteiger partial charge in [0.1, 0.15) is 5.65 Å². The highest BCUT2D eigenvalue weighted by atomic mass is 19.4. The molecule has 40 heavy (non-hydrogen) atoms. The number of nitrogens with zero attached hydrogens (tertiary/aromatic N) is 4. The Kier molecular flexibility index (Phi) is 6.58. The van der Waals surface area contributed by atoms with Crippen molar-refractivity contribution in [2.24, 2.45) is 5.73 Å². The fraction of sp³-hybridized carbons (Fsp3) is 0.300.